The summed E-state index contributed by atoms with van der Waals surface area (Å²) in [5.41, 5.74) is 4.64. The molecule has 25 heavy (non-hydrogen) atoms. The molecule has 0 unspecified atom stereocenters. The van der Waals surface area contributed by atoms with E-state index in [0.29, 0.717) is 17.9 Å². The number of pyridine rings is 1. The molecule has 1 aromatic heterocycles. The van der Waals surface area contributed by atoms with E-state index < -0.39 is 5.97 Å². The first kappa shape index (κ1) is 16.7. The number of benzene rings is 2. The predicted octanol–water partition coefficient (Wildman–Crippen LogP) is 4.26. The van der Waals surface area contributed by atoms with Crippen LogP contribution in [0.3, 0.4) is 0 Å². The second kappa shape index (κ2) is 7.62. The first-order valence-corrected chi connectivity index (χ1v) is 8.05. The fourth-order valence-corrected chi connectivity index (χ4v) is 2.65. The van der Waals surface area contributed by atoms with E-state index in [-0.39, 0.29) is 6.42 Å². The summed E-state index contributed by atoms with van der Waals surface area (Å²) in [6.45, 7) is 2.38. The number of aromatic nitrogens is 1. The minimum atomic E-state index is -0.885. The van der Waals surface area contributed by atoms with Gasteiger partial charge < -0.3 is 9.84 Å². The zero-order valence-corrected chi connectivity index (χ0v) is 14.0. The van der Waals surface area contributed by atoms with E-state index >= 15 is 0 Å². The Bertz CT molecular complexity index is 875. The summed E-state index contributed by atoms with van der Waals surface area (Å²) in [5.74, 6) is -0.292. The van der Waals surface area contributed by atoms with Crippen LogP contribution >= 0.6 is 0 Å². The Kier molecular flexibility index (Phi) is 5.09. The Balaban J connectivity index is 1.88. The molecule has 0 aliphatic heterocycles. The van der Waals surface area contributed by atoms with E-state index in [0.717, 1.165) is 22.3 Å². The molecule has 2 aromatic carbocycles. The Morgan fingerprint density at radius 3 is 2.56 bits per heavy atom. The summed E-state index contributed by atoms with van der Waals surface area (Å²) < 4.78 is 5.86. The number of ether oxygens (including phenoxy) is 1. The molecule has 0 saturated carbocycles. The van der Waals surface area contributed by atoms with Crippen molar-refractivity contribution in [3.63, 3.8) is 0 Å². The lowest BCUT2D eigenvalue weighted by Gasteiger charge is -2.13. The van der Waals surface area contributed by atoms with Gasteiger partial charge in [-0.3, -0.25) is 9.78 Å². The molecule has 0 spiro atoms. The maximum Gasteiger partial charge on any atom is 0.307 e. The number of hydrogen-bond donors (Lipinski definition) is 1. The van der Waals surface area contributed by atoms with E-state index in [2.05, 4.69) is 4.98 Å². The lowest BCUT2D eigenvalue weighted by molar-refractivity contribution is -0.136. The van der Waals surface area contributed by atoms with Crippen LogP contribution in [0.2, 0.25) is 0 Å². The standard InChI is InChI=1S/C21H19NO3/c1-15-9-19(13-22-12-15)17-7-8-20(18(10-17)11-21(23)24)25-14-16-5-3-2-4-6-16/h2-10,12-13H,11,14H2,1H3,(H,23,24). The fraction of sp³-hybridized carbons (Fsp3) is 0.143. The van der Waals surface area contributed by atoms with Crippen molar-refractivity contribution in [3.8, 4) is 16.9 Å². The predicted molar refractivity (Wildman–Crippen MR) is 96.5 cm³/mol. The van der Waals surface area contributed by atoms with Crippen molar-refractivity contribution in [2.75, 3.05) is 0 Å². The minimum Gasteiger partial charge on any atom is -0.489 e. The quantitative estimate of drug-likeness (QED) is 0.732. The van der Waals surface area contributed by atoms with Crippen molar-refractivity contribution in [2.45, 2.75) is 20.0 Å². The highest BCUT2D eigenvalue weighted by atomic mass is 16.5. The second-order valence-electron chi connectivity index (χ2n) is 5.92. The molecule has 0 aliphatic rings. The van der Waals surface area contributed by atoms with Gasteiger partial charge in [0.25, 0.3) is 0 Å². The molecule has 0 radical (unpaired) electrons. The van der Waals surface area contributed by atoms with Gasteiger partial charge in [-0.25, -0.2) is 0 Å². The van der Waals surface area contributed by atoms with Gasteiger partial charge >= 0.3 is 5.97 Å². The monoisotopic (exact) mass is 333 g/mol. The molecule has 0 amide bonds. The van der Waals surface area contributed by atoms with Gasteiger partial charge in [0.05, 0.1) is 6.42 Å². The lowest BCUT2D eigenvalue weighted by atomic mass is 10.0. The minimum absolute atomic E-state index is 0.0861. The van der Waals surface area contributed by atoms with Crippen molar-refractivity contribution in [1.82, 2.24) is 4.98 Å². The van der Waals surface area contributed by atoms with Gasteiger partial charge in [-0.15, -0.1) is 0 Å². The second-order valence-corrected chi connectivity index (χ2v) is 5.92. The van der Waals surface area contributed by atoms with Gasteiger partial charge in [0.1, 0.15) is 12.4 Å². The van der Waals surface area contributed by atoms with Crippen LogP contribution < -0.4 is 4.74 Å². The maximum atomic E-state index is 11.2. The summed E-state index contributed by atoms with van der Waals surface area (Å²) in [4.78, 5) is 15.4. The zero-order chi connectivity index (χ0) is 17.6. The third kappa shape index (κ3) is 4.44. The molecule has 4 heteroatoms. The van der Waals surface area contributed by atoms with Crippen LogP contribution in [0.4, 0.5) is 0 Å². The average molecular weight is 333 g/mol. The highest BCUT2D eigenvalue weighted by Crippen LogP contribution is 2.28. The van der Waals surface area contributed by atoms with E-state index in [1.807, 2.05) is 61.5 Å². The van der Waals surface area contributed by atoms with Gasteiger partial charge in [-0.2, -0.15) is 0 Å². The first-order chi connectivity index (χ1) is 12.1. The molecule has 1 heterocycles. The van der Waals surface area contributed by atoms with Crippen molar-refractivity contribution < 1.29 is 14.6 Å². The zero-order valence-electron chi connectivity index (χ0n) is 14.0. The number of rotatable bonds is 6. The van der Waals surface area contributed by atoms with Gasteiger partial charge in [-0.1, -0.05) is 36.4 Å². The van der Waals surface area contributed by atoms with Crippen LogP contribution in [-0.4, -0.2) is 16.1 Å². The average Bonchev–Trinajstić information content (AvgIpc) is 2.61. The third-order valence-corrected chi connectivity index (χ3v) is 3.85. The largest absolute Gasteiger partial charge is 0.489 e. The molecule has 0 fully saturated rings. The van der Waals surface area contributed by atoms with Gasteiger partial charge in [-0.05, 0) is 41.8 Å². The smallest absolute Gasteiger partial charge is 0.307 e. The lowest BCUT2D eigenvalue weighted by Crippen LogP contribution is -2.04. The summed E-state index contributed by atoms with van der Waals surface area (Å²) in [6.07, 6.45) is 3.48. The topological polar surface area (TPSA) is 59.4 Å². The molecule has 0 saturated heterocycles. The van der Waals surface area contributed by atoms with E-state index in [4.69, 9.17) is 4.74 Å². The van der Waals surface area contributed by atoms with Gasteiger partial charge in [0, 0.05) is 23.5 Å². The number of carboxylic acids is 1. The van der Waals surface area contributed by atoms with Crippen LogP contribution in [0, 0.1) is 6.92 Å². The summed E-state index contributed by atoms with van der Waals surface area (Å²) >= 11 is 0. The Morgan fingerprint density at radius 1 is 1.04 bits per heavy atom. The molecule has 0 bridgehead atoms. The van der Waals surface area contributed by atoms with Crippen molar-refractivity contribution >= 4 is 5.97 Å². The third-order valence-electron chi connectivity index (χ3n) is 3.85. The summed E-state index contributed by atoms with van der Waals surface area (Å²) in [6, 6.07) is 17.5. The number of carbonyl (C=O) groups is 1. The molecule has 1 N–H and O–H groups in total. The Hall–Kier alpha value is -3.14. The summed E-state index contributed by atoms with van der Waals surface area (Å²) in [5, 5.41) is 9.21. The van der Waals surface area contributed by atoms with Crippen LogP contribution in [0.15, 0.2) is 67.0 Å². The van der Waals surface area contributed by atoms with Crippen molar-refractivity contribution in [1.29, 1.82) is 0 Å². The van der Waals surface area contributed by atoms with Crippen molar-refractivity contribution in [2.24, 2.45) is 0 Å². The highest BCUT2D eigenvalue weighted by Gasteiger charge is 2.11. The molecular formula is C21H19NO3. The molecule has 3 rings (SSSR count). The number of nitrogens with zero attached hydrogens (tertiary/aromatic N) is 1. The van der Waals surface area contributed by atoms with Gasteiger partial charge in [0.15, 0.2) is 0 Å². The van der Waals surface area contributed by atoms with E-state index in [1.165, 1.54) is 0 Å². The van der Waals surface area contributed by atoms with E-state index in [9.17, 15) is 9.90 Å². The number of carboxylic acid groups (broad SMARTS) is 1. The number of aryl methyl sites for hydroxylation is 1. The van der Waals surface area contributed by atoms with Crippen LogP contribution in [0.5, 0.6) is 5.75 Å². The van der Waals surface area contributed by atoms with Gasteiger partial charge in [0.2, 0.25) is 0 Å². The van der Waals surface area contributed by atoms with Crippen LogP contribution in [0.1, 0.15) is 16.7 Å². The highest BCUT2D eigenvalue weighted by molar-refractivity contribution is 5.74. The molecule has 0 atom stereocenters. The Morgan fingerprint density at radius 2 is 1.84 bits per heavy atom. The first-order valence-electron chi connectivity index (χ1n) is 8.05. The van der Waals surface area contributed by atoms with Crippen LogP contribution in [0.25, 0.3) is 11.1 Å². The molecule has 3 aromatic rings. The molecule has 4 nitrogen and oxygen atoms in total. The maximum absolute atomic E-state index is 11.2. The van der Waals surface area contributed by atoms with E-state index in [1.54, 1.807) is 12.4 Å². The summed E-state index contributed by atoms with van der Waals surface area (Å²) in [7, 11) is 0. The number of aliphatic carboxylic acids is 1. The fourth-order valence-electron chi connectivity index (χ4n) is 2.65. The SMILES string of the molecule is Cc1cncc(-c2ccc(OCc3ccccc3)c(CC(=O)O)c2)c1. The Labute approximate surface area is 146 Å². The molecular weight excluding hydrogens is 314 g/mol. The van der Waals surface area contributed by atoms with Crippen molar-refractivity contribution in [3.05, 3.63) is 83.7 Å². The normalized spacial score (nSPS) is 10.4. The molecule has 0 aliphatic carbocycles. The molecule has 126 valence electrons. The number of hydrogen-bond acceptors (Lipinski definition) is 3. The van der Waals surface area contributed by atoms with Crippen LogP contribution in [-0.2, 0) is 17.8 Å².